The summed E-state index contributed by atoms with van der Waals surface area (Å²) >= 11 is 0. The van der Waals surface area contributed by atoms with E-state index < -0.39 is 10.5 Å². The molecule has 262 valence electrons. The van der Waals surface area contributed by atoms with Crippen molar-refractivity contribution in [2.45, 2.75) is 58.1 Å². The molecule has 0 saturated carbocycles. The van der Waals surface area contributed by atoms with Crippen LogP contribution in [-0.4, -0.2) is 89.6 Å². The van der Waals surface area contributed by atoms with Gasteiger partial charge >= 0.3 is 6.09 Å². The number of piperazine rings is 1. The Balaban J connectivity index is 1.30. The molecule has 49 heavy (non-hydrogen) atoms. The third kappa shape index (κ3) is 8.54. The van der Waals surface area contributed by atoms with E-state index in [1.807, 2.05) is 18.7 Å². The van der Waals surface area contributed by atoms with E-state index in [1.165, 1.54) is 36.4 Å². The number of halogens is 2. The molecule has 1 unspecified atom stereocenters. The van der Waals surface area contributed by atoms with Gasteiger partial charge in [-0.2, -0.15) is 0 Å². The van der Waals surface area contributed by atoms with E-state index in [2.05, 4.69) is 11.8 Å². The third-order valence-corrected chi connectivity index (χ3v) is 9.71. The summed E-state index contributed by atoms with van der Waals surface area (Å²) in [5.41, 5.74) is 1.81. The molecule has 3 aromatic rings. The van der Waals surface area contributed by atoms with Gasteiger partial charge in [0.2, 0.25) is 0 Å². The lowest BCUT2D eigenvalue weighted by atomic mass is 9.96. The van der Waals surface area contributed by atoms with Gasteiger partial charge in [-0.25, -0.2) is 13.6 Å². The first-order valence-electron chi connectivity index (χ1n) is 17.1. The van der Waals surface area contributed by atoms with Crippen molar-refractivity contribution < 1.29 is 28.0 Å². The molecule has 3 aromatic carbocycles. The number of hydrogen-bond acceptors (Lipinski definition) is 7. The molecule has 12 heteroatoms. The molecule has 10 nitrogen and oxygen atoms in total. The standard InChI is InChI=1S/C37H45F2N5O5/c1-4-17-37(3,5-2)49-36(46)43-24-22-42(23-25-43)35(45)29-11-16-32(44(47)48)33(26-29)40-18-6-19-41(21-20-40)34(27-7-12-30(38)13-8-27)28-9-14-31(39)15-10-28/h7-16,26,34H,4-6,17-25H2,1-3H3. The van der Waals surface area contributed by atoms with Crippen LogP contribution in [0.5, 0.6) is 0 Å². The van der Waals surface area contributed by atoms with Crippen LogP contribution in [0.4, 0.5) is 25.0 Å². The molecule has 0 radical (unpaired) electrons. The maximum absolute atomic E-state index is 13.8. The van der Waals surface area contributed by atoms with E-state index in [1.54, 1.807) is 40.1 Å². The molecule has 0 N–H and O–H groups in total. The summed E-state index contributed by atoms with van der Waals surface area (Å²) in [7, 11) is 0. The summed E-state index contributed by atoms with van der Waals surface area (Å²) < 4.78 is 33.5. The molecule has 0 bridgehead atoms. The van der Waals surface area contributed by atoms with Crippen molar-refractivity contribution >= 4 is 23.4 Å². The van der Waals surface area contributed by atoms with Gasteiger partial charge in [0.05, 0.1) is 11.0 Å². The highest BCUT2D eigenvalue weighted by molar-refractivity contribution is 5.96. The fourth-order valence-corrected chi connectivity index (χ4v) is 6.78. The number of nitro groups is 1. The van der Waals surface area contributed by atoms with Crippen molar-refractivity contribution in [3.8, 4) is 0 Å². The van der Waals surface area contributed by atoms with Gasteiger partial charge in [0.15, 0.2) is 0 Å². The quantitative estimate of drug-likeness (QED) is 0.168. The predicted octanol–water partition coefficient (Wildman–Crippen LogP) is 7.04. The number of anilines is 1. The summed E-state index contributed by atoms with van der Waals surface area (Å²) in [6.07, 6.45) is 2.68. The Morgan fingerprint density at radius 2 is 1.43 bits per heavy atom. The van der Waals surface area contributed by atoms with Crippen LogP contribution in [0.3, 0.4) is 0 Å². The zero-order valence-electron chi connectivity index (χ0n) is 28.4. The minimum Gasteiger partial charge on any atom is -0.443 e. The zero-order chi connectivity index (χ0) is 35.1. The molecule has 0 aliphatic carbocycles. The fraction of sp³-hybridized carbons (Fsp3) is 0.459. The Morgan fingerprint density at radius 3 is 1.98 bits per heavy atom. The summed E-state index contributed by atoms with van der Waals surface area (Å²) in [5.74, 6) is -0.953. The fourth-order valence-electron chi connectivity index (χ4n) is 6.78. The number of hydrogen-bond donors (Lipinski definition) is 0. The van der Waals surface area contributed by atoms with Crippen LogP contribution in [0.2, 0.25) is 0 Å². The number of nitrogens with zero attached hydrogens (tertiary/aromatic N) is 5. The largest absolute Gasteiger partial charge is 0.443 e. The maximum atomic E-state index is 13.8. The number of ether oxygens (including phenoxy) is 1. The summed E-state index contributed by atoms with van der Waals surface area (Å²) in [6, 6.07) is 16.7. The van der Waals surface area contributed by atoms with Crippen LogP contribution in [0.25, 0.3) is 0 Å². The van der Waals surface area contributed by atoms with Gasteiger partial charge in [0.1, 0.15) is 22.9 Å². The maximum Gasteiger partial charge on any atom is 0.410 e. The number of carbonyl (C=O) groups is 2. The number of nitro benzene ring substituents is 1. The van der Waals surface area contributed by atoms with E-state index in [4.69, 9.17) is 4.74 Å². The SMILES string of the molecule is CCCC(C)(CC)OC(=O)N1CCN(C(=O)c2ccc([N+](=O)[O-])c(N3CCCN(C(c4ccc(F)cc4)c4ccc(F)cc4)CC3)c2)CC1. The van der Waals surface area contributed by atoms with Crippen molar-refractivity contribution in [1.29, 1.82) is 0 Å². The first-order chi connectivity index (χ1) is 23.5. The van der Waals surface area contributed by atoms with E-state index in [-0.39, 0.29) is 35.4 Å². The average Bonchev–Trinajstić information content (AvgIpc) is 3.36. The van der Waals surface area contributed by atoms with Gasteiger partial charge < -0.3 is 19.4 Å². The first kappa shape index (κ1) is 35.7. The van der Waals surface area contributed by atoms with Gasteiger partial charge in [-0.3, -0.25) is 19.8 Å². The van der Waals surface area contributed by atoms with Crippen molar-refractivity contribution in [1.82, 2.24) is 14.7 Å². The lowest BCUT2D eigenvalue weighted by molar-refractivity contribution is -0.384. The monoisotopic (exact) mass is 677 g/mol. The van der Waals surface area contributed by atoms with Gasteiger partial charge in [0, 0.05) is 64.0 Å². The Hall–Kier alpha value is -4.58. The molecule has 0 aromatic heterocycles. The van der Waals surface area contributed by atoms with Gasteiger partial charge in [-0.15, -0.1) is 0 Å². The first-order valence-corrected chi connectivity index (χ1v) is 17.1. The highest BCUT2D eigenvalue weighted by Gasteiger charge is 2.33. The molecule has 0 spiro atoms. The number of carbonyl (C=O) groups excluding carboxylic acids is 2. The molecule has 2 amide bonds. The molecule has 2 saturated heterocycles. The Morgan fingerprint density at radius 1 is 0.837 bits per heavy atom. The normalized spacial score (nSPS) is 17.1. The van der Waals surface area contributed by atoms with Crippen LogP contribution < -0.4 is 4.90 Å². The highest BCUT2D eigenvalue weighted by atomic mass is 19.1. The van der Waals surface area contributed by atoms with E-state index in [0.29, 0.717) is 76.5 Å². The smallest absolute Gasteiger partial charge is 0.410 e. The number of rotatable bonds is 10. The summed E-state index contributed by atoms with van der Waals surface area (Å²) in [6.45, 7) is 9.43. The van der Waals surface area contributed by atoms with E-state index >= 15 is 0 Å². The lowest BCUT2D eigenvalue weighted by Crippen LogP contribution is -2.52. The van der Waals surface area contributed by atoms with Crippen LogP contribution in [0.15, 0.2) is 66.7 Å². The minimum absolute atomic E-state index is 0.0859. The van der Waals surface area contributed by atoms with Crippen molar-refractivity contribution in [2.75, 3.05) is 57.3 Å². The Labute approximate surface area is 286 Å². The molecule has 2 fully saturated rings. The Bertz CT molecular complexity index is 1570. The zero-order valence-corrected chi connectivity index (χ0v) is 28.4. The van der Waals surface area contributed by atoms with Gasteiger partial charge in [0.25, 0.3) is 11.6 Å². The van der Waals surface area contributed by atoms with Crippen molar-refractivity contribution in [3.05, 3.63) is 105 Å². The summed E-state index contributed by atoms with van der Waals surface area (Å²) in [4.78, 5) is 45.7. The molecule has 2 aliphatic rings. The average molecular weight is 678 g/mol. The van der Waals surface area contributed by atoms with Crippen molar-refractivity contribution in [3.63, 3.8) is 0 Å². The number of benzene rings is 3. The van der Waals surface area contributed by atoms with E-state index in [9.17, 15) is 28.5 Å². The lowest BCUT2D eigenvalue weighted by Gasteiger charge is -2.37. The second-order valence-electron chi connectivity index (χ2n) is 13.0. The molecule has 5 rings (SSSR count). The third-order valence-electron chi connectivity index (χ3n) is 9.71. The minimum atomic E-state index is -0.527. The van der Waals surface area contributed by atoms with Crippen LogP contribution in [0.1, 0.15) is 74.0 Å². The molecular formula is C37H45F2N5O5. The second-order valence-corrected chi connectivity index (χ2v) is 13.0. The molecular weight excluding hydrogens is 632 g/mol. The highest BCUT2D eigenvalue weighted by Crippen LogP contribution is 2.34. The second kappa shape index (κ2) is 15.8. The van der Waals surface area contributed by atoms with Gasteiger partial charge in [-0.05, 0) is 73.7 Å². The summed E-state index contributed by atoms with van der Waals surface area (Å²) in [5, 5.41) is 12.2. The van der Waals surface area contributed by atoms with Crippen LogP contribution in [0, 0.1) is 21.7 Å². The predicted molar refractivity (Wildman–Crippen MR) is 184 cm³/mol. The van der Waals surface area contributed by atoms with Crippen LogP contribution in [-0.2, 0) is 4.74 Å². The van der Waals surface area contributed by atoms with Crippen LogP contribution >= 0.6 is 0 Å². The van der Waals surface area contributed by atoms with E-state index in [0.717, 1.165) is 24.0 Å². The van der Waals surface area contributed by atoms with Gasteiger partial charge in [-0.1, -0.05) is 44.5 Å². The topological polar surface area (TPSA) is 99.5 Å². The Kier molecular flexibility index (Phi) is 11.5. The number of amides is 2. The molecule has 1 atom stereocenters. The van der Waals surface area contributed by atoms with Crippen molar-refractivity contribution in [2.24, 2.45) is 0 Å². The molecule has 2 heterocycles. The molecule has 2 aliphatic heterocycles.